The highest BCUT2D eigenvalue weighted by Crippen LogP contribution is 2.32. The number of thiazole rings is 1. The first-order valence-corrected chi connectivity index (χ1v) is 6.44. The van der Waals surface area contributed by atoms with Gasteiger partial charge in [-0.3, -0.25) is 0 Å². The van der Waals surface area contributed by atoms with E-state index in [-0.39, 0.29) is 17.4 Å². The number of esters is 1. The molecule has 1 aromatic heterocycles. The summed E-state index contributed by atoms with van der Waals surface area (Å²) >= 11 is 6.87. The Morgan fingerprint density at radius 2 is 2.11 bits per heavy atom. The van der Waals surface area contributed by atoms with Gasteiger partial charge in [0.1, 0.15) is 5.01 Å². The number of carbonyl (C=O) groups excluding carboxylic acids is 1. The molecule has 0 radical (unpaired) electrons. The van der Waals surface area contributed by atoms with Gasteiger partial charge < -0.3 is 9.84 Å². The molecule has 6 heteroatoms. The van der Waals surface area contributed by atoms with E-state index in [1.807, 2.05) is 0 Å². The second-order valence-corrected chi connectivity index (χ2v) is 4.83. The van der Waals surface area contributed by atoms with Gasteiger partial charge >= 0.3 is 5.97 Å². The van der Waals surface area contributed by atoms with Crippen molar-refractivity contribution in [3.8, 4) is 16.5 Å². The van der Waals surface area contributed by atoms with Crippen LogP contribution in [-0.4, -0.2) is 22.7 Å². The van der Waals surface area contributed by atoms with Crippen molar-refractivity contribution < 1.29 is 14.6 Å². The van der Waals surface area contributed by atoms with Gasteiger partial charge in [0.15, 0.2) is 4.88 Å². The molecule has 0 saturated carbocycles. The van der Waals surface area contributed by atoms with Crippen LogP contribution >= 0.6 is 22.9 Å². The predicted octanol–water partition coefficient (Wildman–Crippen LogP) is 3.35. The Morgan fingerprint density at radius 3 is 2.72 bits per heavy atom. The summed E-state index contributed by atoms with van der Waals surface area (Å²) in [6.45, 7) is 1.96. The second kappa shape index (κ2) is 5.37. The quantitative estimate of drug-likeness (QED) is 0.878. The number of hydrogen-bond acceptors (Lipinski definition) is 5. The van der Waals surface area contributed by atoms with Gasteiger partial charge in [0.2, 0.25) is 5.88 Å². The Balaban J connectivity index is 2.34. The van der Waals surface area contributed by atoms with Crippen LogP contribution < -0.4 is 0 Å². The van der Waals surface area contributed by atoms with E-state index in [1.54, 1.807) is 31.2 Å². The highest BCUT2D eigenvalue weighted by molar-refractivity contribution is 7.17. The molecule has 0 spiro atoms. The van der Waals surface area contributed by atoms with Crippen LogP contribution in [0.5, 0.6) is 5.88 Å². The highest BCUT2D eigenvalue weighted by Gasteiger charge is 2.19. The van der Waals surface area contributed by atoms with Gasteiger partial charge in [0.05, 0.1) is 6.61 Å². The van der Waals surface area contributed by atoms with Crippen LogP contribution in [0.25, 0.3) is 10.6 Å². The molecule has 4 nitrogen and oxygen atoms in total. The molecule has 0 atom stereocenters. The van der Waals surface area contributed by atoms with Gasteiger partial charge in [-0.1, -0.05) is 23.7 Å². The summed E-state index contributed by atoms with van der Waals surface area (Å²) in [5, 5.41) is 10.8. The predicted molar refractivity (Wildman–Crippen MR) is 70.2 cm³/mol. The molecule has 1 heterocycles. The summed E-state index contributed by atoms with van der Waals surface area (Å²) in [5.74, 6) is -0.865. The normalized spacial score (nSPS) is 10.3. The molecule has 0 aliphatic carbocycles. The number of nitrogens with zero attached hydrogens (tertiary/aromatic N) is 1. The molecule has 1 aromatic carbocycles. The van der Waals surface area contributed by atoms with E-state index in [2.05, 4.69) is 4.98 Å². The molecule has 0 fully saturated rings. The first-order chi connectivity index (χ1) is 8.61. The second-order valence-electron chi connectivity index (χ2n) is 3.40. The Hall–Kier alpha value is -1.59. The lowest BCUT2D eigenvalue weighted by atomic mass is 10.2. The minimum atomic E-state index is -0.562. The molecule has 0 aliphatic rings. The molecule has 94 valence electrons. The molecular formula is C12H10ClNO3S. The van der Waals surface area contributed by atoms with Crippen LogP contribution in [0.1, 0.15) is 16.6 Å². The van der Waals surface area contributed by atoms with E-state index in [0.717, 1.165) is 16.9 Å². The molecular weight excluding hydrogens is 274 g/mol. The summed E-state index contributed by atoms with van der Waals surface area (Å²) in [6.07, 6.45) is 0. The Kier molecular flexibility index (Phi) is 3.84. The van der Waals surface area contributed by atoms with Gasteiger partial charge in [-0.2, -0.15) is 0 Å². The largest absolute Gasteiger partial charge is 0.492 e. The van der Waals surface area contributed by atoms with Gasteiger partial charge in [0, 0.05) is 10.6 Å². The van der Waals surface area contributed by atoms with E-state index in [9.17, 15) is 9.90 Å². The molecule has 2 rings (SSSR count). The Labute approximate surface area is 113 Å². The van der Waals surface area contributed by atoms with E-state index in [0.29, 0.717) is 10.0 Å². The Morgan fingerprint density at radius 1 is 1.44 bits per heavy atom. The third-order valence-electron chi connectivity index (χ3n) is 2.16. The van der Waals surface area contributed by atoms with E-state index < -0.39 is 5.97 Å². The van der Waals surface area contributed by atoms with Crippen molar-refractivity contribution in [2.45, 2.75) is 6.92 Å². The number of benzene rings is 1. The van der Waals surface area contributed by atoms with Crippen molar-refractivity contribution in [3.63, 3.8) is 0 Å². The first kappa shape index (κ1) is 12.9. The molecule has 0 bridgehead atoms. The number of ether oxygens (including phenoxy) is 1. The molecule has 0 saturated heterocycles. The van der Waals surface area contributed by atoms with Crippen molar-refractivity contribution in [2.24, 2.45) is 0 Å². The van der Waals surface area contributed by atoms with Crippen LogP contribution in [0.3, 0.4) is 0 Å². The minimum Gasteiger partial charge on any atom is -0.492 e. The summed E-state index contributed by atoms with van der Waals surface area (Å²) in [5.41, 5.74) is 0.787. The van der Waals surface area contributed by atoms with E-state index in [1.165, 1.54) is 0 Å². The standard InChI is InChI=1S/C12H10ClNO3S/c1-2-17-12(16)9-10(15)14-11(18-9)7-3-5-8(13)6-4-7/h3-6,15H,2H2,1H3. The third kappa shape index (κ3) is 2.63. The minimum absolute atomic E-state index is 0.113. The smallest absolute Gasteiger partial charge is 0.353 e. The zero-order chi connectivity index (χ0) is 13.1. The van der Waals surface area contributed by atoms with Crippen molar-refractivity contribution >= 4 is 28.9 Å². The number of aromatic nitrogens is 1. The molecule has 0 unspecified atom stereocenters. The summed E-state index contributed by atoms with van der Waals surface area (Å²) in [7, 11) is 0. The monoisotopic (exact) mass is 283 g/mol. The molecule has 0 aliphatic heterocycles. The molecule has 0 amide bonds. The maximum absolute atomic E-state index is 11.5. The van der Waals surface area contributed by atoms with E-state index >= 15 is 0 Å². The topological polar surface area (TPSA) is 59.4 Å². The maximum Gasteiger partial charge on any atom is 0.353 e. The van der Waals surface area contributed by atoms with Crippen LogP contribution in [0.15, 0.2) is 24.3 Å². The van der Waals surface area contributed by atoms with Gasteiger partial charge in [-0.05, 0) is 19.1 Å². The number of carbonyl (C=O) groups is 1. The van der Waals surface area contributed by atoms with Crippen molar-refractivity contribution in [2.75, 3.05) is 6.61 Å². The molecule has 18 heavy (non-hydrogen) atoms. The lowest BCUT2D eigenvalue weighted by Gasteiger charge is -1.97. The van der Waals surface area contributed by atoms with Crippen molar-refractivity contribution in [1.29, 1.82) is 0 Å². The van der Waals surface area contributed by atoms with Gasteiger partial charge in [0.25, 0.3) is 0 Å². The van der Waals surface area contributed by atoms with Gasteiger partial charge in [-0.15, -0.1) is 11.3 Å². The van der Waals surface area contributed by atoms with Crippen molar-refractivity contribution in [3.05, 3.63) is 34.2 Å². The Bertz CT molecular complexity index is 565. The third-order valence-corrected chi connectivity index (χ3v) is 3.49. The average Bonchev–Trinajstić information content (AvgIpc) is 2.72. The van der Waals surface area contributed by atoms with Crippen LogP contribution in [0.2, 0.25) is 5.02 Å². The number of aromatic hydroxyl groups is 1. The fourth-order valence-corrected chi connectivity index (χ4v) is 2.34. The summed E-state index contributed by atoms with van der Waals surface area (Å²) < 4.78 is 4.83. The number of hydrogen-bond donors (Lipinski definition) is 1. The fourth-order valence-electron chi connectivity index (χ4n) is 1.36. The average molecular weight is 284 g/mol. The lowest BCUT2D eigenvalue weighted by Crippen LogP contribution is -2.02. The van der Waals surface area contributed by atoms with Gasteiger partial charge in [-0.25, -0.2) is 9.78 Å². The number of rotatable bonds is 3. The molecule has 2 aromatic rings. The fraction of sp³-hybridized carbons (Fsp3) is 0.167. The van der Waals surface area contributed by atoms with Crippen LogP contribution in [-0.2, 0) is 4.74 Å². The SMILES string of the molecule is CCOC(=O)c1sc(-c2ccc(Cl)cc2)nc1O. The maximum atomic E-state index is 11.5. The zero-order valence-electron chi connectivity index (χ0n) is 9.51. The molecule has 1 N–H and O–H groups in total. The highest BCUT2D eigenvalue weighted by atomic mass is 35.5. The van der Waals surface area contributed by atoms with Crippen molar-refractivity contribution in [1.82, 2.24) is 4.98 Å². The van der Waals surface area contributed by atoms with Crippen LogP contribution in [0, 0.1) is 0 Å². The van der Waals surface area contributed by atoms with E-state index in [4.69, 9.17) is 16.3 Å². The summed E-state index contributed by atoms with van der Waals surface area (Å²) in [4.78, 5) is 15.6. The zero-order valence-corrected chi connectivity index (χ0v) is 11.1. The summed E-state index contributed by atoms with van der Waals surface area (Å²) in [6, 6.07) is 6.99. The first-order valence-electron chi connectivity index (χ1n) is 5.24. The lowest BCUT2D eigenvalue weighted by molar-refractivity contribution is 0.0528. The number of halogens is 1. The van der Waals surface area contributed by atoms with Crippen LogP contribution in [0.4, 0.5) is 0 Å².